The second-order valence-corrected chi connectivity index (χ2v) is 4.67. The predicted molar refractivity (Wildman–Crippen MR) is 66.2 cm³/mol. The summed E-state index contributed by atoms with van der Waals surface area (Å²) in [5.41, 5.74) is 1.21. The molecule has 1 aromatic carbocycles. The summed E-state index contributed by atoms with van der Waals surface area (Å²) in [6.07, 6.45) is 2.40. The molecule has 0 bridgehead atoms. The van der Waals surface area contributed by atoms with Gasteiger partial charge in [0.25, 0.3) is 0 Å². The number of aliphatic hydroxyl groups is 1. The van der Waals surface area contributed by atoms with E-state index in [0.29, 0.717) is 25.1 Å². The Labute approximate surface area is 102 Å². The number of hydrogen-bond donors (Lipinski definition) is 1. The minimum Gasteiger partial charge on any atom is -0.387 e. The van der Waals surface area contributed by atoms with Crippen LogP contribution in [0.15, 0.2) is 36.9 Å². The number of nitrogens with zero attached hydrogens (tertiary/aromatic N) is 2. The molecule has 0 aromatic heterocycles. The van der Waals surface area contributed by atoms with Crippen molar-refractivity contribution in [3.63, 3.8) is 0 Å². The standard InChI is InChI=1S/C14H16N2O/c1-2-6-14(17)10-16(11-14)9-13-5-3-4-12(7-13)8-15/h2-5,7,17H,1,6,9-11H2. The van der Waals surface area contributed by atoms with Gasteiger partial charge in [-0.25, -0.2) is 0 Å². The van der Waals surface area contributed by atoms with Crippen LogP contribution in [0.4, 0.5) is 0 Å². The molecule has 0 atom stereocenters. The number of likely N-dealkylation sites (tertiary alicyclic amines) is 1. The third-order valence-corrected chi connectivity index (χ3v) is 3.02. The van der Waals surface area contributed by atoms with E-state index in [9.17, 15) is 5.11 Å². The Hall–Kier alpha value is -1.63. The van der Waals surface area contributed by atoms with Gasteiger partial charge in [0.15, 0.2) is 0 Å². The molecule has 3 heteroatoms. The van der Waals surface area contributed by atoms with Crippen LogP contribution in [0.5, 0.6) is 0 Å². The maximum absolute atomic E-state index is 9.99. The van der Waals surface area contributed by atoms with E-state index in [0.717, 1.165) is 12.1 Å². The van der Waals surface area contributed by atoms with Crippen molar-refractivity contribution in [2.24, 2.45) is 0 Å². The Morgan fingerprint density at radius 3 is 2.94 bits per heavy atom. The molecule has 1 saturated heterocycles. The zero-order chi connectivity index (χ0) is 12.3. The first kappa shape index (κ1) is 11.8. The maximum Gasteiger partial charge on any atom is 0.0991 e. The molecule has 0 saturated carbocycles. The first-order valence-electron chi connectivity index (χ1n) is 5.70. The Bertz CT molecular complexity index is 456. The molecule has 88 valence electrons. The van der Waals surface area contributed by atoms with Gasteiger partial charge in [-0.15, -0.1) is 6.58 Å². The predicted octanol–water partition coefficient (Wildman–Crippen LogP) is 1.68. The molecular formula is C14H16N2O. The Kier molecular flexibility index (Phi) is 3.28. The van der Waals surface area contributed by atoms with Crippen LogP contribution in [-0.2, 0) is 6.54 Å². The first-order chi connectivity index (χ1) is 8.15. The molecule has 1 fully saturated rings. The van der Waals surface area contributed by atoms with Crippen molar-refractivity contribution in [2.75, 3.05) is 13.1 Å². The third-order valence-electron chi connectivity index (χ3n) is 3.02. The van der Waals surface area contributed by atoms with E-state index in [1.807, 2.05) is 18.2 Å². The molecule has 0 spiro atoms. The van der Waals surface area contributed by atoms with E-state index >= 15 is 0 Å². The summed E-state index contributed by atoms with van der Waals surface area (Å²) in [6, 6.07) is 9.72. The van der Waals surface area contributed by atoms with Crippen LogP contribution < -0.4 is 0 Å². The molecule has 0 radical (unpaired) electrons. The smallest absolute Gasteiger partial charge is 0.0991 e. The second-order valence-electron chi connectivity index (χ2n) is 4.67. The van der Waals surface area contributed by atoms with Gasteiger partial charge in [0.2, 0.25) is 0 Å². The summed E-state index contributed by atoms with van der Waals surface area (Å²) in [5.74, 6) is 0. The Balaban J connectivity index is 1.92. The van der Waals surface area contributed by atoms with Gasteiger partial charge in [0.1, 0.15) is 0 Å². The van der Waals surface area contributed by atoms with Gasteiger partial charge in [0.05, 0.1) is 17.2 Å². The van der Waals surface area contributed by atoms with Crippen LogP contribution in [0, 0.1) is 11.3 Å². The molecule has 1 N–H and O–H groups in total. The van der Waals surface area contributed by atoms with E-state index < -0.39 is 5.60 Å². The lowest BCUT2D eigenvalue weighted by Crippen LogP contribution is -2.60. The van der Waals surface area contributed by atoms with Crippen molar-refractivity contribution in [1.82, 2.24) is 4.90 Å². The minimum absolute atomic E-state index is 0.589. The SMILES string of the molecule is C=CCC1(O)CN(Cc2cccc(C#N)c2)C1. The lowest BCUT2D eigenvalue weighted by molar-refractivity contribution is -0.0985. The zero-order valence-electron chi connectivity index (χ0n) is 9.76. The van der Waals surface area contributed by atoms with Gasteiger partial charge in [-0.2, -0.15) is 5.26 Å². The van der Waals surface area contributed by atoms with Crippen LogP contribution in [0.25, 0.3) is 0 Å². The van der Waals surface area contributed by atoms with Crippen molar-refractivity contribution in [3.8, 4) is 6.07 Å². The molecule has 3 nitrogen and oxygen atoms in total. The summed E-state index contributed by atoms with van der Waals surface area (Å²) in [6.45, 7) is 5.78. The molecule has 0 unspecified atom stereocenters. The van der Waals surface area contributed by atoms with Crippen LogP contribution in [0.2, 0.25) is 0 Å². The number of benzene rings is 1. The highest BCUT2D eigenvalue weighted by Crippen LogP contribution is 2.26. The zero-order valence-corrected chi connectivity index (χ0v) is 9.76. The van der Waals surface area contributed by atoms with E-state index in [1.165, 1.54) is 0 Å². The molecule has 1 aliphatic heterocycles. The van der Waals surface area contributed by atoms with Crippen LogP contribution in [0.1, 0.15) is 17.5 Å². The summed E-state index contributed by atoms with van der Waals surface area (Å²) in [5, 5.41) is 18.8. The van der Waals surface area contributed by atoms with Gasteiger partial charge >= 0.3 is 0 Å². The van der Waals surface area contributed by atoms with Gasteiger partial charge in [-0.3, -0.25) is 4.90 Å². The second kappa shape index (κ2) is 4.70. The fourth-order valence-corrected chi connectivity index (χ4v) is 2.29. The topological polar surface area (TPSA) is 47.3 Å². The lowest BCUT2D eigenvalue weighted by atomic mass is 9.90. The molecule has 1 aliphatic rings. The van der Waals surface area contributed by atoms with Gasteiger partial charge in [0, 0.05) is 19.6 Å². The van der Waals surface area contributed by atoms with Crippen LogP contribution >= 0.6 is 0 Å². The van der Waals surface area contributed by atoms with Crippen molar-refractivity contribution in [1.29, 1.82) is 5.26 Å². The quantitative estimate of drug-likeness (QED) is 0.798. The van der Waals surface area contributed by atoms with E-state index in [1.54, 1.807) is 12.1 Å². The lowest BCUT2D eigenvalue weighted by Gasteiger charge is -2.46. The summed E-state index contributed by atoms with van der Waals surface area (Å²) in [4.78, 5) is 2.17. The number of hydrogen-bond acceptors (Lipinski definition) is 3. The largest absolute Gasteiger partial charge is 0.387 e. The summed E-state index contributed by atoms with van der Waals surface area (Å²) >= 11 is 0. The van der Waals surface area contributed by atoms with Crippen molar-refractivity contribution >= 4 is 0 Å². The number of nitriles is 1. The third kappa shape index (κ3) is 2.73. The van der Waals surface area contributed by atoms with Gasteiger partial charge in [-0.05, 0) is 24.1 Å². The van der Waals surface area contributed by atoms with E-state index in [2.05, 4.69) is 17.5 Å². The minimum atomic E-state index is -0.589. The fourth-order valence-electron chi connectivity index (χ4n) is 2.29. The summed E-state index contributed by atoms with van der Waals surface area (Å²) in [7, 11) is 0. The molecule has 17 heavy (non-hydrogen) atoms. The van der Waals surface area contributed by atoms with Crippen molar-refractivity contribution in [2.45, 2.75) is 18.6 Å². The Morgan fingerprint density at radius 2 is 2.29 bits per heavy atom. The fraction of sp³-hybridized carbons (Fsp3) is 0.357. The Morgan fingerprint density at radius 1 is 1.53 bits per heavy atom. The summed E-state index contributed by atoms with van der Waals surface area (Å²) < 4.78 is 0. The normalized spacial score (nSPS) is 18.1. The van der Waals surface area contributed by atoms with Crippen molar-refractivity contribution < 1.29 is 5.11 Å². The molecule has 0 aliphatic carbocycles. The molecular weight excluding hydrogens is 212 g/mol. The maximum atomic E-state index is 9.99. The number of β-amino-alcohol motifs (C(OH)–C–C–N with tert-alkyl or cyclic N) is 1. The highest BCUT2D eigenvalue weighted by molar-refractivity contribution is 5.32. The highest BCUT2D eigenvalue weighted by atomic mass is 16.3. The molecule has 0 amide bonds. The monoisotopic (exact) mass is 228 g/mol. The molecule has 2 rings (SSSR count). The van der Waals surface area contributed by atoms with Gasteiger partial charge in [-0.1, -0.05) is 18.2 Å². The van der Waals surface area contributed by atoms with E-state index in [-0.39, 0.29) is 0 Å². The molecule has 1 aromatic rings. The highest BCUT2D eigenvalue weighted by Gasteiger charge is 2.39. The van der Waals surface area contributed by atoms with Crippen LogP contribution in [-0.4, -0.2) is 28.7 Å². The van der Waals surface area contributed by atoms with Gasteiger partial charge < -0.3 is 5.11 Å². The average Bonchev–Trinajstić information content (AvgIpc) is 2.28. The average molecular weight is 228 g/mol. The van der Waals surface area contributed by atoms with Crippen LogP contribution in [0.3, 0.4) is 0 Å². The number of rotatable bonds is 4. The van der Waals surface area contributed by atoms with E-state index in [4.69, 9.17) is 5.26 Å². The molecule has 1 heterocycles. The first-order valence-corrected chi connectivity index (χ1v) is 5.70. The van der Waals surface area contributed by atoms with Crippen molar-refractivity contribution in [3.05, 3.63) is 48.0 Å².